The number of nitrogen functional groups attached to an aromatic ring is 1. The second-order valence-corrected chi connectivity index (χ2v) is 8.46. The zero-order valence-corrected chi connectivity index (χ0v) is 16.8. The van der Waals surface area contributed by atoms with E-state index in [4.69, 9.17) is 5.73 Å². The molecule has 0 radical (unpaired) electrons. The summed E-state index contributed by atoms with van der Waals surface area (Å²) in [5, 5.41) is 17.8. The van der Waals surface area contributed by atoms with Gasteiger partial charge in [0, 0.05) is 34.4 Å². The van der Waals surface area contributed by atoms with Gasteiger partial charge in [-0.1, -0.05) is 37.3 Å². The average Bonchev–Trinajstić information content (AvgIpc) is 3.22. The number of ketones is 1. The molecule has 6 heteroatoms. The first kappa shape index (κ1) is 18.6. The lowest BCUT2D eigenvalue weighted by atomic mass is 9.51. The number of pyridine rings is 1. The molecule has 2 unspecified atom stereocenters. The molecular weight excluding hydrogens is 374 g/mol. The number of hydrogen-bond donors (Lipinski definition) is 2. The van der Waals surface area contributed by atoms with Crippen LogP contribution < -0.4 is 5.73 Å². The Bertz CT molecular complexity index is 1140. The predicted octanol–water partition coefficient (Wildman–Crippen LogP) is 3.65. The SMILES string of the molecule is C[C@@H]1C(=O)C(C#N)C[C@@]2(c3ccccc3)c3[nH]nc(-c4ccc(N)nc4)c3CCC12. The molecule has 0 saturated heterocycles. The Morgan fingerprint density at radius 2 is 2.03 bits per heavy atom. The van der Waals surface area contributed by atoms with Crippen LogP contribution in [0.4, 0.5) is 5.82 Å². The van der Waals surface area contributed by atoms with Gasteiger partial charge in [-0.25, -0.2) is 4.98 Å². The molecule has 6 nitrogen and oxygen atoms in total. The van der Waals surface area contributed by atoms with Gasteiger partial charge in [-0.3, -0.25) is 9.89 Å². The Morgan fingerprint density at radius 3 is 2.73 bits per heavy atom. The smallest absolute Gasteiger partial charge is 0.153 e. The van der Waals surface area contributed by atoms with Gasteiger partial charge in [-0.2, -0.15) is 10.4 Å². The molecule has 2 aliphatic rings. The Kier molecular flexibility index (Phi) is 4.21. The molecule has 1 fully saturated rings. The molecule has 1 saturated carbocycles. The summed E-state index contributed by atoms with van der Waals surface area (Å²) in [6.45, 7) is 1.99. The van der Waals surface area contributed by atoms with Crippen LogP contribution in [0.25, 0.3) is 11.3 Å². The van der Waals surface area contributed by atoms with Gasteiger partial charge in [0.25, 0.3) is 0 Å². The van der Waals surface area contributed by atoms with E-state index in [9.17, 15) is 10.1 Å². The largest absolute Gasteiger partial charge is 0.384 e. The first-order valence-corrected chi connectivity index (χ1v) is 10.3. The summed E-state index contributed by atoms with van der Waals surface area (Å²) in [5.41, 5.74) is 10.5. The monoisotopic (exact) mass is 397 g/mol. The van der Waals surface area contributed by atoms with Crippen molar-refractivity contribution in [2.75, 3.05) is 5.73 Å². The molecule has 2 heterocycles. The molecule has 2 aliphatic carbocycles. The average molecular weight is 397 g/mol. The van der Waals surface area contributed by atoms with Gasteiger partial charge in [0.15, 0.2) is 5.78 Å². The summed E-state index contributed by atoms with van der Waals surface area (Å²) in [5.74, 6) is -0.128. The highest BCUT2D eigenvalue weighted by Gasteiger charge is 2.56. The van der Waals surface area contributed by atoms with Crippen molar-refractivity contribution < 1.29 is 4.79 Å². The summed E-state index contributed by atoms with van der Waals surface area (Å²) in [4.78, 5) is 17.1. The number of hydrogen-bond acceptors (Lipinski definition) is 5. The standard InChI is InChI=1S/C24H23N5O/c1-14-19-9-8-18-21(15-7-10-20(26)27-13-15)28-29-23(18)24(19,11-16(12-25)22(14)30)17-5-3-2-4-6-17/h2-7,10,13-14,16,19H,8-9,11H2,1H3,(H2,26,27)(H,28,29)/t14-,16?,19?,24-/m0/s1. The second-order valence-electron chi connectivity index (χ2n) is 8.46. The van der Waals surface area contributed by atoms with Crippen LogP contribution in [0.5, 0.6) is 0 Å². The molecule has 0 aliphatic heterocycles. The van der Waals surface area contributed by atoms with Gasteiger partial charge in [0.1, 0.15) is 11.7 Å². The molecule has 2 aromatic heterocycles. The molecule has 0 spiro atoms. The molecule has 5 rings (SSSR count). The van der Waals surface area contributed by atoms with E-state index >= 15 is 0 Å². The van der Waals surface area contributed by atoms with Crippen molar-refractivity contribution in [1.29, 1.82) is 5.26 Å². The third-order valence-corrected chi connectivity index (χ3v) is 7.08. The topological polar surface area (TPSA) is 108 Å². The van der Waals surface area contributed by atoms with Crippen molar-refractivity contribution in [1.82, 2.24) is 15.2 Å². The molecule has 0 amide bonds. The highest BCUT2D eigenvalue weighted by atomic mass is 16.1. The minimum Gasteiger partial charge on any atom is -0.384 e. The van der Waals surface area contributed by atoms with Crippen molar-refractivity contribution in [3.63, 3.8) is 0 Å². The number of nitriles is 1. The summed E-state index contributed by atoms with van der Waals surface area (Å²) < 4.78 is 0. The molecule has 1 aromatic carbocycles. The number of anilines is 1. The summed E-state index contributed by atoms with van der Waals surface area (Å²) >= 11 is 0. The quantitative estimate of drug-likeness (QED) is 0.686. The maximum absolute atomic E-state index is 12.9. The van der Waals surface area contributed by atoms with Gasteiger partial charge in [0.2, 0.25) is 0 Å². The molecule has 4 atom stereocenters. The lowest BCUT2D eigenvalue weighted by Gasteiger charge is -2.50. The third-order valence-electron chi connectivity index (χ3n) is 7.08. The highest BCUT2D eigenvalue weighted by Crippen LogP contribution is 2.56. The van der Waals surface area contributed by atoms with Crippen LogP contribution in [0.15, 0.2) is 48.7 Å². The number of nitrogens with two attached hydrogens (primary N) is 1. The first-order chi connectivity index (χ1) is 14.6. The van der Waals surface area contributed by atoms with E-state index in [2.05, 4.69) is 33.4 Å². The van der Waals surface area contributed by atoms with Crippen LogP contribution in [0.3, 0.4) is 0 Å². The number of fused-ring (bicyclic) bond motifs is 3. The maximum atomic E-state index is 12.9. The Labute approximate surface area is 175 Å². The minimum atomic E-state index is -0.618. The van der Waals surface area contributed by atoms with Crippen LogP contribution in [0, 0.1) is 29.1 Å². The summed E-state index contributed by atoms with van der Waals surface area (Å²) in [6, 6.07) is 16.3. The normalized spacial score (nSPS) is 27.7. The van der Waals surface area contributed by atoms with Crippen molar-refractivity contribution in [3.8, 4) is 17.3 Å². The lowest BCUT2D eigenvalue weighted by molar-refractivity contribution is -0.131. The fourth-order valence-corrected chi connectivity index (χ4v) is 5.68. The molecule has 0 bridgehead atoms. The summed E-state index contributed by atoms with van der Waals surface area (Å²) in [7, 11) is 0. The van der Waals surface area contributed by atoms with E-state index in [0.717, 1.165) is 40.9 Å². The van der Waals surface area contributed by atoms with Crippen molar-refractivity contribution in [2.24, 2.45) is 17.8 Å². The van der Waals surface area contributed by atoms with Gasteiger partial charge < -0.3 is 5.73 Å². The maximum Gasteiger partial charge on any atom is 0.153 e. The number of nitrogens with one attached hydrogen (secondary N) is 1. The zero-order chi connectivity index (χ0) is 20.9. The van der Waals surface area contributed by atoms with E-state index in [1.807, 2.05) is 31.2 Å². The Morgan fingerprint density at radius 1 is 1.23 bits per heavy atom. The van der Waals surface area contributed by atoms with E-state index in [0.29, 0.717) is 12.2 Å². The minimum absolute atomic E-state index is 0.0694. The van der Waals surface area contributed by atoms with Crippen LogP contribution in [0.1, 0.15) is 36.6 Å². The van der Waals surface area contributed by atoms with E-state index in [-0.39, 0.29) is 17.6 Å². The Balaban J connectivity index is 1.74. The number of carbonyl (C=O) groups excluding carboxylic acids is 1. The zero-order valence-electron chi connectivity index (χ0n) is 16.8. The van der Waals surface area contributed by atoms with Gasteiger partial charge in [-0.15, -0.1) is 0 Å². The van der Waals surface area contributed by atoms with Gasteiger partial charge in [0.05, 0.1) is 11.8 Å². The van der Waals surface area contributed by atoms with E-state index in [1.165, 1.54) is 0 Å². The van der Waals surface area contributed by atoms with Crippen molar-refractivity contribution in [3.05, 3.63) is 65.5 Å². The number of aromatic nitrogens is 3. The number of nitrogens with zero attached hydrogens (tertiary/aromatic N) is 3. The lowest BCUT2D eigenvalue weighted by Crippen LogP contribution is -2.52. The molecule has 150 valence electrons. The number of rotatable bonds is 2. The number of Topliss-reactive ketones (excluding diaryl/α,β-unsaturated/α-hetero) is 1. The van der Waals surface area contributed by atoms with Crippen LogP contribution in [0.2, 0.25) is 0 Å². The predicted molar refractivity (Wildman–Crippen MR) is 113 cm³/mol. The van der Waals surface area contributed by atoms with Gasteiger partial charge in [-0.05, 0) is 42.9 Å². The van der Waals surface area contributed by atoms with E-state index in [1.54, 1.807) is 12.3 Å². The number of benzene rings is 1. The van der Waals surface area contributed by atoms with Gasteiger partial charge >= 0.3 is 0 Å². The molecular formula is C24H23N5O. The van der Waals surface area contributed by atoms with Crippen molar-refractivity contribution >= 4 is 11.6 Å². The third kappa shape index (κ3) is 2.51. The first-order valence-electron chi connectivity index (χ1n) is 10.3. The van der Waals surface area contributed by atoms with E-state index < -0.39 is 11.3 Å². The number of carbonyl (C=O) groups is 1. The molecule has 3 N–H and O–H groups in total. The molecule has 3 aromatic rings. The Hall–Kier alpha value is -3.46. The fourth-order valence-electron chi connectivity index (χ4n) is 5.68. The second kappa shape index (κ2) is 6.81. The van der Waals surface area contributed by atoms with Crippen LogP contribution >= 0.6 is 0 Å². The summed E-state index contributed by atoms with van der Waals surface area (Å²) in [6.07, 6.45) is 3.94. The number of H-pyrrole nitrogens is 1. The highest BCUT2D eigenvalue weighted by molar-refractivity contribution is 5.87. The fraction of sp³-hybridized carbons (Fsp3) is 0.333. The van der Waals surface area contributed by atoms with Crippen LogP contribution in [-0.4, -0.2) is 21.0 Å². The van der Waals surface area contributed by atoms with Crippen LogP contribution in [-0.2, 0) is 16.6 Å². The van der Waals surface area contributed by atoms with Crippen molar-refractivity contribution in [2.45, 2.75) is 31.6 Å². The molecule has 30 heavy (non-hydrogen) atoms. The number of aromatic amines is 1.